The maximum absolute atomic E-state index is 11.6. The standard InChI is InChI=1S/C13H17ClN2O2/c1-4-10(3)16-18-8-12-9(2)6-5-7-11(12)13(17)15-14/h5-7H,4,8H2,1-3H3,(H,15,17). The van der Waals surface area contributed by atoms with Crippen LogP contribution < -0.4 is 4.84 Å². The van der Waals surface area contributed by atoms with E-state index in [1.54, 1.807) is 12.1 Å². The summed E-state index contributed by atoms with van der Waals surface area (Å²) < 4.78 is 0. The first-order valence-electron chi connectivity index (χ1n) is 5.75. The Hall–Kier alpha value is -1.55. The average molecular weight is 269 g/mol. The first-order chi connectivity index (χ1) is 8.60. The number of amides is 1. The minimum absolute atomic E-state index is 0.254. The van der Waals surface area contributed by atoms with Gasteiger partial charge in [-0.15, -0.1) is 0 Å². The predicted octanol–water partition coefficient (Wildman–Crippen LogP) is 3.18. The largest absolute Gasteiger partial charge is 0.391 e. The number of nitrogens with zero attached hydrogens (tertiary/aromatic N) is 1. The van der Waals surface area contributed by atoms with E-state index >= 15 is 0 Å². The van der Waals surface area contributed by atoms with Gasteiger partial charge in [0.25, 0.3) is 5.91 Å². The predicted molar refractivity (Wildman–Crippen MR) is 72.7 cm³/mol. The lowest BCUT2D eigenvalue weighted by atomic mass is 10.0. The maximum atomic E-state index is 11.6. The normalized spacial score (nSPS) is 11.2. The van der Waals surface area contributed by atoms with Gasteiger partial charge in [0.2, 0.25) is 0 Å². The van der Waals surface area contributed by atoms with Crippen LogP contribution in [0.3, 0.4) is 0 Å². The number of halogens is 1. The molecule has 0 aliphatic carbocycles. The molecule has 0 bridgehead atoms. The van der Waals surface area contributed by atoms with E-state index in [4.69, 9.17) is 16.6 Å². The lowest BCUT2D eigenvalue weighted by Gasteiger charge is -2.10. The number of rotatable bonds is 5. The highest BCUT2D eigenvalue weighted by Gasteiger charge is 2.12. The van der Waals surface area contributed by atoms with Gasteiger partial charge in [-0.1, -0.05) is 24.2 Å². The first kappa shape index (κ1) is 14.5. The fourth-order valence-corrected chi connectivity index (χ4v) is 1.53. The van der Waals surface area contributed by atoms with E-state index in [1.165, 1.54) is 0 Å². The highest BCUT2D eigenvalue weighted by atomic mass is 35.5. The summed E-state index contributed by atoms with van der Waals surface area (Å²) in [6, 6.07) is 5.43. The molecule has 1 aromatic carbocycles. The third kappa shape index (κ3) is 3.74. The van der Waals surface area contributed by atoms with Gasteiger partial charge in [0.05, 0.1) is 5.71 Å². The summed E-state index contributed by atoms with van der Waals surface area (Å²) in [7, 11) is 0. The van der Waals surface area contributed by atoms with Gasteiger partial charge in [0.1, 0.15) is 6.61 Å². The van der Waals surface area contributed by atoms with E-state index < -0.39 is 0 Å². The van der Waals surface area contributed by atoms with Crippen LogP contribution in [0.25, 0.3) is 0 Å². The zero-order valence-corrected chi connectivity index (χ0v) is 11.5. The van der Waals surface area contributed by atoms with Crippen LogP contribution in [0.5, 0.6) is 0 Å². The van der Waals surface area contributed by atoms with Crippen LogP contribution in [0.4, 0.5) is 0 Å². The van der Waals surface area contributed by atoms with Crippen molar-refractivity contribution >= 4 is 23.4 Å². The average Bonchev–Trinajstić information content (AvgIpc) is 2.39. The van der Waals surface area contributed by atoms with Crippen molar-refractivity contribution in [1.82, 2.24) is 4.84 Å². The van der Waals surface area contributed by atoms with Crippen molar-refractivity contribution in [3.05, 3.63) is 34.9 Å². The number of hydrogen-bond acceptors (Lipinski definition) is 3. The number of carbonyl (C=O) groups is 1. The lowest BCUT2D eigenvalue weighted by molar-refractivity contribution is 0.0970. The molecule has 1 rings (SSSR count). The van der Waals surface area contributed by atoms with Crippen LogP contribution in [0.2, 0.25) is 0 Å². The molecule has 0 aliphatic rings. The molecule has 18 heavy (non-hydrogen) atoms. The molecule has 0 atom stereocenters. The van der Waals surface area contributed by atoms with E-state index in [1.807, 2.05) is 26.8 Å². The fraction of sp³-hybridized carbons (Fsp3) is 0.385. The molecule has 0 aromatic heterocycles. The van der Waals surface area contributed by atoms with Crippen molar-refractivity contribution in [1.29, 1.82) is 0 Å². The number of benzene rings is 1. The van der Waals surface area contributed by atoms with Gasteiger partial charge in [0, 0.05) is 22.9 Å². The minimum atomic E-state index is -0.338. The molecule has 0 fully saturated rings. The Kier molecular flexibility index (Phi) is 5.65. The Bertz CT molecular complexity index is 458. The number of carbonyl (C=O) groups excluding carboxylic acids is 1. The molecule has 0 aliphatic heterocycles. The van der Waals surface area contributed by atoms with Crippen LogP contribution in [0, 0.1) is 6.92 Å². The van der Waals surface area contributed by atoms with Gasteiger partial charge in [-0.25, -0.2) is 0 Å². The quantitative estimate of drug-likeness (QED) is 0.507. The number of nitrogens with one attached hydrogen (secondary N) is 1. The molecule has 1 aromatic rings. The molecule has 98 valence electrons. The van der Waals surface area contributed by atoms with Crippen LogP contribution in [0.1, 0.15) is 41.8 Å². The van der Waals surface area contributed by atoms with Gasteiger partial charge >= 0.3 is 0 Å². The summed E-state index contributed by atoms with van der Waals surface area (Å²) in [4.78, 5) is 19.0. The summed E-state index contributed by atoms with van der Waals surface area (Å²) in [5.74, 6) is -0.338. The molecular weight excluding hydrogens is 252 g/mol. The topological polar surface area (TPSA) is 50.7 Å². The Morgan fingerprint density at radius 3 is 2.83 bits per heavy atom. The molecule has 0 heterocycles. The molecule has 1 N–H and O–H groups in total. The Labute approximate surface area is 112 Å². The van der Waals surface area contributed by atoms with Crippen LogP contribution in [0.15, 0.2) is 23.4 Å². The molecule has 0 unspecified atom stereocenters. The highest BCUT2D eigenvalue weighted by Crippen LogP contribution is 2.16. The third-order valence-electron chi connectivity index (χ3n) is 2.68. The van der Waals surface area contributed by atoms with Crippen molar-refractivity contribution in [3.8, 4) is 0 Å². The smallest absolute Gasteiger partial charge is 0.266 e. The van der Waals surface area contributed by atoms with Gasteiger partial charge in [-0.3, -0.25) is 9.63 Å². The fourth-order valence-electron chi connectivity index (χ4n) is 1.43. The second-order valence-corrected chi connectivity index (χ2v) is 4.17. The summed E-state index contributed by atoms with van der Waals surface area (Å²) in [6.45, 7) is 6.07. The first-order valence-corrected chi connectivity index (χ1v) is 6.12. The third-order valence-corrected chi connectivity index (χ3v) is 2.85. The Balaban J connectivity index is 2.90. The van der Waals surface area contributed by atoms with Crippen molar-refractivity contribution in [2.24, 2.45) is 5.16 Å². The van der Waals surface area contributed by atoms with E-state index in [0.29, 0.717) is 5.56 Å². The number of hydrogen-bond donors (Lipinski definition) is 1. The SMILES string of the molecule is CCC(C)=NOCc1c(C)cccc1C(=O)NCl. The maximum Gasteiger partial charge on any atom is 0.266 e. The minimum Gasteiger partial charge on any atom is -0.391 e. The summed E-state index contributed by atoms with van der Waals surface area (Å²) in [5.41, 5.74) is 3.18. The highest BCUT2D eigenvalue weighted by molar-refractivity contribution is 6.24. The van der Waals surface area contributed by atoms with Gasteiger partial charge in [-0.05, 0) is 31.9 Å². The van der Waals surface area contributed by atoms with Crippen LogP contribution in [-0.2, 0) is 11.4 Å². The summed E-state index contributed by atoms with van der Waals surface area (Å²) in [5, 5.41) is 3.96. The van der Waals surface area contributed by atoms with E-state index in [9.17, 15) is 4.79 Å². The van der Waals surface area contributed by atoms with Gasteiger partial charge in [-0.2, -0.15) is 0 Å². The second kappa shape index (κ2) is 7.01. The van der Waals surface area contributed by atoms with E-state index in [-0.39, 0.29) is 12.5 Å². The van der Waals surface area contributed by atoms with Gasteiger partial charge < -0.3 is 4.84 Å². The zero-order chi connectivity index (χ0) is 13.5. The Morgan fingerprint density at radius 1 is 1.50 bits per heavy atom. The molecule has 1 amide bonds. The molecule has 0 saturated heterocycles. The van der Waals surface area contributed by atoms with E-state index in [0.717, 1.165) is 23.3 Å². The van der Waals surface area contributed by atoms with Gasteiger partial charge in [0.15, 0.2) is 0 Å². The van der Waals surface area contributed by atoms with Crippen molar-refractivity contribution < 1.29 is 9.63 Å². The summed E-state index contributed by atoms with van der Waals surface area (Å²) >= 11 is 5.35. The second-order valence-electron chi connectivity index (χ2n) is 3.98. The zero-order valence-electron chi connectivity index (χ0n) is 10.8. The molecule has 0 saturated carbocycles. The van der Waals surface area contributed by atoms with Crippen molar-refractivity contribution in [3.63, 3.8) is 0 Å². The van der Waals surface area contributed by atoms with Crippen molar-refractivity contribution in [2.75, 3.05) is 0 Å². The van der Waals surface area contributed by atoms with Crippen LogP contribution >= 0.6 is 11.8 Å². The Morgan fingerprint density at radius 2 is 2.22 bits per heavy atom. The molecular formula is C13H17ClN2O2. The monoisotopic (exact) mass is 268 g/mol. The van der Waals surface area contributed by atoms with Crippen molar-refractivity contribution in [2.45, 2.75) is 33.8 Å². The van der Waals surface area contributed by atoms with Crippen LogP contribution in [-0.4, -0.2) is 11.6 Å². The number of aryl methyl sites for hydroxylation is 1. The molecule has 5 heteroatoms. The number of oxime groups is 1. The molecule has 4 nitrogen and oxygen atoms in total. The molecule has 0 radical (unpaired) electrons. The lowest BCUT2D eigenvalue weighted by Crippen LogP contribution is -2.15. The molecule has 0 spiro atoms. The van der Waals surface area contributed by atoms with E-state index in [2.05, 4.69) is 9.99 Å². The summed E-state index contributed by atoms with van der Waals surface area (Å²) in [6.07, 6.45) is 0.836.